The number of rotatable bonds is 3. The van der Waals surface area contributed by atoms with Gasteiger partial charge in [-0.2, -0.15) is 4.98 Å². The van der Waals surface area contributed by atoms with E-state index in [0.717, 1.165) is 24.5 Å². The van der Waals surface area contributed by atoms with Gasteiger partial charge in [0.15, 0.2) is 0 Å². The smallest absolute Gasteiger partial charge is 0.343 e. The summed E-state index contributed by atoms with van der Waals surface area (Å²) in [4.78, 5) is 18.2. The SMILES string of the molecule is COC(=O)c1c(C)cc(N2CCOCC2)nc1OC. The fraction of sp³-hybridized carbons (Fsp3) is 0.538. The zero-order chi connectivity index (χ0) is 13.8. The van der Waals surface area contributed by atoms with Gasteiger partial charge in [-0.15, -0.1) is 0 Å². The Morgan fingerprint density at radius 2 is 2.05 bits per heavy atom. The van der Waals surface area contributed by atoms with Crippen molar-refractivity contribution in [2.24, 2.45) is 0 Å². The molecular weight excluding hydrogens is 248 g/mol. The summed E-state index contributed by atoms with van der Waals surface area (Å²) >= 11 is 0. The van der Waals surface area contributed by atoms with Gasteiger partial charge in [0.05, 0.1) is 27.4 Å². The monoisotopic (exact) mass is 266 g/mol. The third-order valence-electron chi connectivity index (χ3n) is 3.09. The van der Waals surface area contributed by atoms with E-state index >= 15 is 0 Å². The van der Waals surface area contributed by atoms with Crippen molar-refractivity contribution < 1.29 is 19.0 Å². The molecule has 1 aromatic rings. The van der Waals surface area contributed by atoms with E-state index in [2.05, 4.69) is 9.88 Å². The van der Waals surface area contributed by atoms with Gasteiger partial charge >= 0.3 is 5.97 Å². The normalized spacial score (nSPS) is 15.2. The first kappa shape index (κ1) is 13.6. The molecule has 0 aromatic carbocycles. The summed E-state index contributed by atoms with van der Waals surface area (Å²) in [5.41, 5.74) is 1.17. The fourth-order valence-corrected chi connectivity index (χ4v) is 2.08. The molecule has 19 heavy (non-hydrogen) atoms. The number of morpholine rings is 1. The van der Waals surface area contributed by atoms with Crippen LogP contribution in [-0.4, -0.2) is 51.5 Å². The molecule has 0 N–H and O–H groups in total. The van der Waals surface area contributed by atoms with E-state index in [9.17, 15) is 4.79 Å². The van der Waals surface area contributed by atoms with Crippen molar-refractivity contribution in [1.82, 2.24) is 4.98 Å². The molecule has 0 unspecified atom stereocenters. The first-order chi connectivity index (χ1) is 9.17. The van der Waals surface area contributed by atoms with Crippen LogP contribution in [0, 0.1) is 6.92 Å². The van der Waals surface area contributed by atoms with Crippen LogP contribution in [0.2, 0.25) is 0 Å². The van der Waals surface area contributed by atoms with Crippen LogP contribution < -0.4 is 9.64 Å². The van der Waals surface area contributed by atoms with Gasteiger partial charge in [-0.3, -0.25) is 0 Å². The van der Waals surface area contributed by atoms with Crippen molar-refractivity contribution in [2.75, 3.05) is 45.4 Å². The number of ether oxygens (including phenoxy) is 3. The predicted octanol–water partition coefficient (Wildman–Crippen LogP) is 1.02. The number of hydrogen-bond acceptors (Lipinski definition) is 6. The summed E-state index contributed by atoms with van der Waals surface area (Å²) in [6.07, 6.45) is 0. The standard InChI is InChI=1S/C13H18N2O4/c1-9-8-10(15-4-6-19-7-5-15)14-12(17-2)11(9)13(16)18-3/h8H,4-7H2,1-3H3. The molecule has 6 heteroatoms. The average molecular weight is 266 g/mol. The molecule has 1 aliphatic rings. The van der Waals surface area contributed by atoms with Crippen molar-refractivity contribution in [3.63, 3.8) is 0 Å². The molecule has 2 heterocycles. The zero-order valence-electron chi connectivity index (χ0n) is 11.4. The van der Waals surface area contributed by atoms with Crippen LogP contribution >= 0.6 is 0 Å². The third kappa shape index (κ3) is 2.78. The summed E-state index contributed by atoms with van der Waals surface area (Å²) in [6.45, 7) is 4.78. The zero-order valence-corrected chi connectivity index (χ0v) is 11.4. The predicted molar refractivity (Wildman–Crippen MR) is 69.9 cm³/mol. The molecule has 6 nitrogen and oxygen atoms in total. The summed E-state index contributed by atoms with van der Waals surface area (Å²) < 4.78 is 15.3. The van der Waals surface area contributed by atoms with Gasteiger partial charge in [0.25, 0.3) is 0 Å². The van der Waals surface area contributed by atoms with Gasteiger partial charge in [-0.05, 0) is 18.6 Å². The molecule has 0 aliphatic carbocycles. The highest BCUT2D eigenvalue weighted by Gasteiger charge is 2.21. The van der Waals surface area contributed by atoms with Gasteiger partial charge in [-0.1, -0.05) is 0 Å². The molecule has 0 radical (unpaired) electrons. The van der Waals surface area contributed by atoms with Crippen LogP contribution in [-0.2, 0) is 9.47 Å². The van der Waals surface area contributed by atoms with Crippen molar-refractivity contribution in [1.29, 1.82) is 0 Å². The van der Waals surface area contributed by atoms with E-state index in [1.54, 1.807) is 0 Å². The Morgan fingerprint density at radius 3 is 2.63 bits per heavy atom. The second kappa shape index (κ2) is 5.88. The van der Waals surface area contributed by atoms with E-state index in [0.29, 0.717) is 24.7 Å². The Hall–Kier alpha value is -1.82. The summed E-state index contributed by atoms with van der Waals surface area (Å²) in [5.74, 6) is 0.661. The van der Waals surface area contributed by atoms with E-state index in [1.165, 1.54) is 14.2 Å². The first-order valence-corrected chi connectivity index (χ1v) is 6.14. The van der Waals surface area contributed by atoms with Crippen molar-refractivity contribution in [3.05, 3.63) is 17.2 Å². The second-order valence-corrected chi connectivity index (χ2v) is 4.27. The average Bonchev–Trinajstić information content (AvgIpc) is 2.46. The van der Waals surface area contributed by atoms with Crippen LogP contribution in [0.1, 0.15) is 15.9 Å². The highest BCUT2D eigenvalue weighted by Crippen LogP contribution is 2.26. The van der Waals surface area contributed by atoms with Gasteiger partial charge < -0.3 is 19.1 Å². The van der Waals surface area contributed by atoms with Crippen LogP contribution in [0.5, 0.6) is 5.88 Å². The number of pyridine rings is 1. The van der Waals surface area contributed by atoms with Gasteiger partial charge in [-0.25, -0.2) is 4.79 Å². The molecule has 0 bridgehead atoms. The van der Waals surface area contributed by atoms with Crippen LogP contribution in [0.25, 0.3) is 0 Å². The maximum atomic E-state index is 11.7. The van der Waals surface area contributed by atoms with E-state index in [1.807, 2.05) is 13.0 Å². The molecule has 0 saturated carbocycles. The highest BCUT2D eigenvalue weighted by molar-refractivity contribution is 5.93. The maximum Gasteiger partial charge on any atom is 0.343 e. The molecule has 1 fully saturated rings. The molecular formula is C13H18N2O4. The number of carbonyl (C=O) groups excluding carboxylic acids is 1. The summed E-state index contributed by atoms with van der Waals surface area (Å²) in [6, 6.07) is 1.88. The molecule has 1 aliphatic heterocycles. The van der Waals surface area contributed by atoms with E-state index < -0.39 is 5.97 Å². The fourth-order valence-electron chi connectivity index (χ4n) is 2.08. The van der Waals surface area contributed by atoms with Crippen LogP contribution in [0.15, 0.2) is 6.07 Å². The maximum absolute atomic E-state index is 11.7. The van der Waals surface area contributed by atoms with Crippen LogP contribution in [0.4, 0.5) is 5.82 Å². The first-order valence-electron chi connectivity index (χ1n) is 6.14. The topological polar surface area (TPSA) is 60.9 Å². The Labute approximate surface area is 112 Å². The lowest BCUT2D eigenvalue weighted by atomic mass is 10.1. The molecule has 1 saturated heterocycles. The summed E-state index contributed by atoms with van der Waals surface area (Å²) in [5, 5.41) is 0. The number of anilines is 1. The number of esters is 1. The van der Waals surface area contributed by atoms with Crippen molar-refractivity contribution in [2.45, 2.75) is 6.92 Å². The number of nitrogens with zero attached hydrogens (tertiary/aromatic N) is 2. The molecule has 0 atom stereocenters. The molecule has 104 valence electrons. The summed E-state index contributed by atoms with van der Waals surface area (Å²) in [7, 11) is 2.84. The lowest BCUT2D eigenvalue weighted by molar-refractivity contribution is 0.0595. The van der Waals surface area contributed by atoms with Crippen LogP contribution in [0.3, 0.4) is 0 Å². The molecule has 0 amide bonds. The molecule has 2 rings (SSSR count). The Bertz CT molecular complexity index is 470. The van der Waals surface area contributed by atoms with Gasteiger partial charge in [0.2, 0.25) is 5.88 Å². The van der Waals surface area contributed by atoms with Crippen molar-refractivity contribution >= 4 is 11.8 Å². The minimum atomic E-state index is -0.435. The van der Waals surface area contributed by atoms with Gasteiger partial charge in [0, 0.05) is 13.1 Å². The number of aryl methyl sites for hydroxylation is 1. The third-order valence-corrected chi connectivity index (χ3v) is 3.09. The van der Waals surface area contributed by atoms with Crippen molar-refractivity contribution in [3.8, 4) is 5.88 Å². The Morgan fingerprint density at radius 1 is 1.37 bits per heavy atom. The number of methoxy groups -OCH3 is 2. The minimum absolute atomic E-state index is 0.299. The van der Waals surface area contributed by atoms with E-state index in [-0.39, 0.29) is 0 Å². The lowest BCUT2D eigenvalue weighted by Gasteiger charge is -2.28. The minimum Gasteiger partial charge on any atom is -0.480 e. The van der Waals surface area contributed by atoms with E-state index in [4.69, 9.17) is 14.2 Å². The number of aromatic nitrogens is 1. The highest BCUT2D eigenvalue weighted by atomic mass is 16.5. The largest absolute Gasteiger partial charge is 0.480 e. The molecule has 1 aromatic heterocycles. The lowest BCUT2D eigenvalue weighted by Crippen LogP contribution is -2.37. The number of carbonyl (C=O) groups is 1. The van der Waals surface area contributed by atoms with Gasteiger partial charge in [0.1, 0.15) is 11.4 Å². The molecule has 0 spiro atoms. The Kier molecular flexibility index (Phi) is 4.21. The Balaban J connectivity index is 2.37. The second-order valence-electron chi connectivity index (χ2n) is 4.27. The number of hydrogen-bond donors (Lipinski definition) is 0. The quantitative estimate of drug-likeness (QED) is 0.761.